The van der Waals surface area contributed by atoms with E-state index in [1.165, 1.54) is 6.92 Å². The van der Waals surface area contributed by atoms with Gasteiger partial charge in [0.1, 0.15) is 5.75 Å². The van der Waals surface area contributed by atoms with Gasteiger partial charge in [-0.1, -0.05) is 12.1 Å². The maximum Gasteiger partial charge on any atom is 0.251 e. The number of carbonyl (C=O) groups is 2. The van der Waals surface area contributed by atoms with Crippen LogP contribution >= 0.6 is 0 Å². The number of amides is 2. The maximum absolute atomic E-state index is 12.4. The molecule has 0 radical (unpaired) electrons. The van der Waals surface area contributed by atoms with Gasteiger partial charge in [0, 0.05) is 37.2 Å². The molecule has 0 spiro atoms. The van der Waals surface area contributed by atoms with Crippen LogP contribution in [-0.4, -0.2) is 33.1 Å². The van der Waals surface area contributed by atoms with Crippen LogP contribution in [0.2, 0.25) is 0 Å². The fourth-order valence-corrected chi connectivity index (χ4v) is 2.51. The van der Waals surface area contributed by atoms with Crippen LogP contribution in [0.4, 0.5) is 0 Å². The highest BCUT2D eigenvalue weighted by atomic mass is 16.5. The highest BCUT2D eigenvalue weighted by molar-refractivity contribution is 5.94. The maximum atomic E-state index is 12.4. The average Bonchev–Trinajstić information content (AvgIpc) is 2.69. The molecule has 0 heterocycles. The number of nitrogens with one attached hydrogen (secondary N) is 2. The second-order valence-corrected chi connectivity index (χ2v) is 5.81. The summed E-state index contributed by atoms with van der Waals surface area (Å²) in [5, 5.41) is 5.58. The van der Waals surface area contributed by atoms with Crippen LogP contribution in [0.25, 0.3) is 0 Å². The molecule has 0 aromatic heterocycles. The van der Waals surface area contributed by atoms with Gasteiger partial charge in [0.25, 0.3) is 5.91 Å². The molecule has 27 heavy (non-hydrogen) atoms. The topological polar surface area (TPSA) is 85.9 Å². The van der Waals surface area contributed by atoms with Crippen molar-refractivity contribution in [2.45, 2.75) is 20.0 Å². The zero-order valence-corrected chi connectivity index (χ0v) is 15.9. The molecule has 0 atom stereocenters. The fraction of sp³-hybridized carbons (Fsp3) is 0.300. The van der Waals surface area contributed by atoms with Crippen molar-refractivity contribution in [1.82, 2.24) is 10.6 Å². The summed E-state index contributed by atoms with van der Waals surface area (Å²) in [4.78, 5) is 23.3. The molecule has 7 nitrogen and oxygen atoms in total. The number of rotatable bonds is 8. The lowest BCUT2D eigenvalue weighted by molar-refractivity contribution is -0.119. The van der Waals surface area contributed by atoms with Crippen LogP contribution in [-0.2, 0) is 17.9 Å². The molecular weight excluding hydrogens is 348 g/mol. The lowest BCUT2D eigenvalue weighted by Crippen LogP contribution is -2.23. The van der Waals surface area contributed by atoms with Gasteiger partial charge in [-0.2, -0.15) is 0 Å². The van der Waals surface area contributed by atoms with Gasteiger partial charge in [0.05, 0.1) is 21.3 Å². The predicted molar refractivity (Wildman–Crippen MR) is 101 cm³/mol. The number of benzene rings is 2. The predicted octanol–water partition coefficient (Wildman–Crippen LogP) is 2.28. The van der Waals surface area contributed by atoms with Crippen molar-refractivity contribution < 1.29 is 23.8 Å². The van der Waals surface area contributed by atoms with E-state index in [-0.39, 0.29) is 18.4 Å². The molecule has 7 heteroatoms. The van der Waals surface area contributed by atoms with E-state index < -0.39 is 0 Å². The minimum absolute atomic E-state index is 0.0966. The van der Waals surface area contributed by atoms with E-state index in [2.05, 4.69) is 10.6 Å². The van der Waals surface area contributed by atoms with E-state index in [0.29, 0.717) is 29.4 Å². The first-order valence-corrected chi connectivity index (χ1v) is 8.39. The molecular formula is C20H24N2O5. The van der Waals surface area contributed by atoms with Crippen LogP contribution < -0.4 is 24.8 Å². The largest absolute Gasteiger partial charge is 0.496 e. The Morgan fingerprint density at radius 3 is 1.96 bits per heavy atom. The molecule has 2 aromatic carbocycles. The van der Waals surface area contributed by atoms with Crippen LogP contribution in [0.3, 0.4) is 0 Å². The van der Waals surface area contributed by atoms with Gasteiger partial charge >= 0.3 is 0 Å². The minimum Gasteiger partial charge on any atom is -0.496 e. The van der Waals surface area contributed by atoms with E-state index >= 15 is 0 Å². The highest BCUT2D eigenvalue weighted by Gasteiger charge is 2.13. The first-order valence-electron chi connectivity index (χ1n) is 8.39. The van der Waals surface area contributed by atoms with Crippen LogP contribution in [0, 0.1) is 0 Å². The van der Waals surface area contributed by atoms with Gasteiger partial charge in [-0.15, -0.1) is 0 Å². The lowest BCUT2D eigenvalue weighted by atomic mass is 10.1. The molecule has 0 unspecified atom stereocenters. The second-order valence-electron chi connectivity index (χ2n) is 5.81. The number of hydrogen-bond donors (Lipinski definition) is 2. The van der Waals surface area contributed by atoms with Crippen molar-refractivity contribution in [3.63, 3.8) is 0 Å². The van der Waals surface area contributed by atoms with Gasteiger partial charge in [-0.05, 0) is 23.8 Å². The Balaban J connectivity index is 2.05. The third-order valence-electron chi connectivity index (χ3n) is 3.98. The Morgan fingerprint density at radius 1 is 0.815 bits per heavy atom. The molecule has 0 fully saturated rings. The van der Waals surface area contributed by atoms with Crippen molar-refractivity contribution in [3.05, 3.63) is 53.1 Å². The summed E-state index contributed by atoms with van der Waals surface area (Å²) in [5.41, 5.74) is 2.22. The standard InChI is InChI=1S/C20H24N2O5/c1-13(23)21-11-14-5-7-15(8-6-14)20(24)22-12-16-9-18(26-3)19(27-4)10-17(16)25-2/h5-10H,11-12H2,1-4H3,(H,21,23)(H,22,24). The normalized spacial score (nSPS) is 10.1. The molecule has 2 rings (SSSR count). The van der Waals surface area contributed by atoms with Crippen molar-refractivity contribution in [2.24, 2.45) is 0 Å². The van der Waals surface area contributed by atoms with E-state index in [1.54, 1.807) is 45.6 Å². The zero-order valence-electron chi connectivity index (χ0n) is 15.9. The molecule has 0 aliphatic rings. The summed E-state index contributed by atoms with van der Waals surface area (Å²) in [5.74, 6) is 1.40. The number of methoxy groups -OCH3 is 3. The van der Waals surface area contributed by atoms with E-state index in [9.17, 15) is 9.59 Å². The molecule has 2 N–H and O–H groups in total. The van der Waals surface area contributed by atoms with Crippen LogP contribution in [0.15, 0.2) is 36.4 Å². The lowest BCUT2D eigenvalue weighted by Gasteiger charge is -2.14. The van der Waals surface area contributed by atoms with Crippen molar-refractivity contribution in [1.29, 1.82) is 0 Å². The van der Waals surface area contributed by atoms with E-state index in [1.807, 2.05) is 12.1 Å². The van der Waals surface area contributed by atoms with Crippen LogP contribution in [0.1, 0.15) is 28.4 Å². The van der Waals surface area contributed by atoms with E-state index in [4.69, 9.17) is 14.2 Å². The summed E-state index contributed by atoms with van der Waals surface area (Å²) in [6, 6.07) is 10.5. The summed E-state index contributed by atoms with van der Waals surface area (Å²) < 4.78 is 15.9. The smallest absolute Gasteiger partial charge is 0.251 e. The highest BCUT2D eigenvalue weighted by Crippen LogP contribution is 2.34. The van der Waals surface area contributed by atoms with Gasteiger partial charge in [-0.3, -0.25) is 9.59 Å². The molecule has 0 aliphatic heterocycles. The van der Waals surface area contributed by atoms with Crippen molar-refractivity contribution in [2.75, 3.05) is 21.3 Å². The first-order chi connectivity index (χ1) is 13.0. The molecule has 0 saturated heterocycles. The summed E-state index contributed by atoms with van der Waals surface area (Å²) in [6.07, 6.45) is 0. The molecule has 2 amide bonds. The third-order valence-corrected chi connectivity index (χ3v) is 3.98. The number of ether oxygens (including phenoxy) is 3. The molecule has 144 valence electrons. The summed E-state index contributed by atoms with van der Waals surface area (Å²) in [7, 11) is 4.66. The Morgan fingerprint density at radius 2 is 1.41 bits per heavy atom. The minimum atomic E-state index is -0.210. The molecule has 0 saturated carbocycles. The monoisotopic (exact) mass is 372 g/mol. The second kappa shape index (κ2) is 9.47. The van der Waals surface area contributed by atoms with Gasteiger partial charge in [0.2, 0.25) is 5.91 Å². The van der Waals surface area contributed by atoms with E-state index in [0.717, 1.165) is 11.1 Å². The average molecular weight is 372 g/mol. The molecule has 2 aromatic rings. The summed E-state index contributed by atoms with van der Waals surface area (Å²) in [6.45, 7) is 2.17. The third kappa shape index (κ3) is 5.37. The summed E-state index contributed by atoms with van der Waals surface area (Å²) >= 11 is 0. The van der Waals surface area contributed by atoms with Gasteiger partial charge < -0.3 is 24.8 Å². The van der Waals surface area contributed by atoms with Gasteiger partial charge in [-0.25, -0.2) is 0 Å². The quantitative estimate of drug-likeness (QED) is 0.742. The Kier molecular flexibility index (Phi) is 7.05. The molecule has 0 aliphatic carbocycles. The van der Waals surface area contributed by atoms with Gasteiger partial charge in [0.15, 0.2) is 11.5 Å². The van der Waals surface area contributed by atoms with Crippen molar-refractivity contribution >= 4 is 11.8 Å². The SMILES string of the molecule is COc1cc(OC)c(OC)cc1CNC(=O)c1ccc(CNC(C)=O)cc1. The first kappa shape index (κ1) is 20.1. The Labute approximate surface area is 158 Å². The number of carbonyl (C=O) groups excluding carboxylic acids is 2. The zero-order chi connectivity index (χ0) is 19.8. The van der Waals surface area contributed by atoms with Crippen LogP contribution in [0.5, 0.6) is 17.2 Å². The van der Waals surface area contributed by atoms with Crippen molar-refractivity contribution in [3.8, 4) is 17.2 Å². The Hall–Kier alpha value is -3.22. The molecule has 0 bridgehead atoms. The Bertz CT molecular complexity index is 803. The number of hydrogen-bond acceptors (Lipinski definition) is 5. The fourth-order valence-electron chi connectivity index (χ4n) is 2.51.